The second-order valence-electron chi connectivity index (χ2n) is 15.2. The summed E-state index contributed by atoms with van der Waals surface area (Å²) < 4.78 is 0. The summed E-state index contributed by atoms with van der Waals surface area (Å²) in [4.78, 5) is 4.83. The molecule has 0 aliphatic heterocycles. The van der Waals surface area contributed by atoms with Gasteiger partial charge in [0.15, 0.2) is 0 Å². The third kappa shape index (κ3) is 7.23. The largest absolute Gasteiger partial charge is 0.314 e. The lowest BCUT2D eigenvalue weighted by Crippen LogP contribution is -2.30. The molecule has 2 aliphatic carbocycles. The minimum Gasteiger partial charge on any atom is -0.314 e. The number of hydrogen-bond acceptors (Lipinski definition) is 2. The lowest BCUT2D eigenvalue weighted by atomic mass is 9.65. The number of para-hydroxylation sites is 2. The topological polar surface area (TPSA) is 6.48 Å². The average Bonchev–Trinajstić information content (AvgIpc) is 3.29. The highest BCUT2D eigenvalue weighted by Gasteiger charge is 2.36. The van der Waals surface area contributed by atoms with E-state index in [9.17, 15) is 0 Å². The molecule has 0 N–H and O–H groups in total. The van der Waals surface area contributed by atoms with Crippen molar-refractivity contribution in [1.29, 1.82) is 0 Å². The van der Waals surface area contributed by atoms with Crippen molar-refractivity contribution in [3.8, 4) is 11.1 Å². The summed E-state index contributed by atoms with van der Waals surface area (Å²) in [6.07, 6.45) is 12.8. The molecule has 0 unspecified atom stereocenters. The fraction of sp³-hybridized carbons (Fsp3) is 0.148. The zero-order chi connectivity index (χ0) is 37.6. The Balaban J connectivity index is 1.04. The average molecular weight is 725 g/mol. The molecule has 0 bridgehead atoms. The minimum absolute atomic E-state index is 0.0147. The summed E-state index contributed by atoms with van der Waals surface area (Å²) in [7, 11) is 0. The Labute approximate surface area is 332 Å². The van der Waals surface area contributed by atoms with E-state index in [1.54, 1.807) is 0 Å². The van der Waals surface area contributed by atoms with Crippen molar-refractivity contribution in [2.75, 3.05) is 9.80 Å². The van der Waals surface area contributed by atoms with Gasteiger partial charge in [-0.15, -0.1) is 0 Å². The monoisotopic (exact) mass is 724 g/mol. The van der Waals surface area contributed by atoms with Crippen LogP contribution in [0.25, 0.3) is 16.7 Å². The third-order valence-electron chi connectivity index (χ3n) is 11.9. The number of anilines is 5. The lowest BCUT2D eigenvalue weighted by molar-refractivity contribution is 0.346. The van der Waals surface area contributed by atoms with E-state index >= 15 is 0 Å². The fourth-order valence-corrected chi connectivity index (χ4v) is 8.98. The first-order valence-corrected chi connectivity index (χ1v) is 20.3. The normalized spacial score (nSPS) is 15.0. The molecule has 2 aliphatic rings. The molecule has 2 heteroatoms. The van der Waals surface area contributed by atoms with E-state index < -0.39 is 0 Å². The van der Waals surface area contributed by atoms with Crippen molar-refractivity contribution in [2.45, 2.75) is 50.4 Å². The van der Waals surface area contributed by atoms with E-state index in [-0.39, 0.29) is 5.41 Å². The molecule has 274 valence electrons. The summed E-state index contributed by atoms with van der Waals surface area (Å²) >= 11 is 0. The van der Waals surface area contributed by atoms with Crippen molar-refractivity contribution in [2.24, 2.45) is 0 Å². The number of benzene rings is 7. The van der Waals surface area contributed by atoms with Crippen LogP contribution in [0.2, 0.25) is 0 Å². The molecule has 0 atom stereocenters. The van der Waals surface area contributed by atoms with Crippen molar-refractivity contribution in [1.82, 2.24) is 0 Å². The van der Waals surface area contributed by atoms with Gasteiger partial charge in [0.1, 0.15) is 0 Å². The minimum atomic E-state index is -0.0147. The van der Waals surface area contributed by atoms with Crippen LogP contribution in [0.3, 0.4) is 0 Å². The first kappa shape index (κ1) is 35.3. The third-order valence-corrected chi connectivity index (χ3v) is 11.9. The van der Waals surface area contributed by atoms with Gasteiger partial charge < -0.3 is 9.80 Å². The number of rotatable bonds is 10. The zero-order valence-electron chi connectivity index (χ0n) is 32.0. The van der Waals surface area contributed by atoms with E-state index in [1.165, 1.54) is 69.7 Å². The highest BCUT2D eigenvalue weighted by Crippen LogP contribution is 2.47. The highest BCUT2D eigenvalue weighted by molar-refractivity contribution is 5.79. The molecular formula is C54H48N2. The van der Waals surface area contributed by atoms with E-state index in [2.05, 4.69) is 216 Å². The van der Waals surface area contributed by atoms with E-state index in [0.29, 0.717) is 0 Å². The van der Waals surface area contributed by atoms with Gasteiger partial charge in [0.05, 0.1) is 0 Å². The number of nitrogens with zero attached hydrogens (tertiary/aromatic N) is 2. The van der Waals surface area contributed by atoms with Crippen LogP contribution in [0, 0.1) is 0 Å². The molecular weight excluding hydrogens is 677 g/mol. The van der Waals surface area contributed by atoms with E-state index in [1.807, 2.05) is 0 Å². The van der Waals surface area contributed by atoms with Gasteiger partial charge in [-0.25, -0.2) is 0 Å². The second-order valence-corrected chi connectivity index (χ2v) is 15.2. The van der Waals surface area contributed by atoms with Crippen LogP contribution >= 0.6 is 0 Å². The standard InChI is InChI=1S/C54H48N2/c1-6-16-42(17-7-1)44-24-32-50(33-25-44)55(48-20-10-3-11-21-48)52-36-28-46(29-37-52)54(40-14-5-15-41-54)47-30-38-53(39-31-47)56(49-22-12-4-13-23-49)51-34-26-45(27-35-51)43-18-8-2-9-19-43/h1-4,6-13,16-26,28-34,36-39H,5,14-15,27,35,40-41H2. The number of hydrogen-bond donors (Lipinski definition) is 0. The molecule has 1 saturated carbocycles. The Morgan fingerprint density at radius 1 is 0.321 bits per heavy atom. The summed E-state index contributed by atoms with van der Waals surface area (Å²) in [5.41, 5.74) is 15.2. The molecule has 7 aromatic rings. The molecule has 0 spiro atoms. The van der Waals surface area contributed by atoms with Crippen LogP contribution < -0.4 is 9.80 Å². The van der Waals surface area contributed by atoms with Gasteiger partial charge in [0.25, 0.3) is 0 Å². The maximum Gasteiger partial charge on any atom is 0.0462 e. The van der Waals surface area contributed by atoms with Crippen molar-refractivity contribution < 1.29 is 0 Å². The summed E-state index contributed by atoms with van der Waals surface area (Å²) in [6, 6.07) is 71.0. The van der Waals surface area contributed by atoms with Gasteiger partial charge in [0, 0.05) is 39.5 Å². The van der Waals surface area contributed by atoms with Crippen LogP contribution in [0.15, 0.2) is 212 Å². The molecule has 9 rings (SSSR count). The highest BCUT2D eigenvalue weighted by atomic mass is 15.2. The van der Waals surface area contributed by atoms with Crippen LogP contribution in [0.4, 0.5) is 28.4 Å². The molecule has 0 heterocycles. The van der Waals surface area contributed by atoms with Crippen LogP contribution in [-0.2, 0) is 5.41 Å². The van der Waals surface area contributed by atoms with Crippen LogP contribution in [-0.4, -0.2) is 0 Å². The molecule has 7 aromatic carbocycles. The van der Waals surface area contributed by atoms with Crippen LogP contribution in [0.5, 0.6) is 0 Å². The van der Waals surface area contributed by atoms with Gasteiger partial charge in [-0.05, 0) is 126 Å². The van der Waals surface area contributed by atoms with Crippen molar-refractivity contribution >= 4 is 34.0 Å². The number of allylic oxidation sites excluding steroid dienone is 4. The smallest absolute Gasteiger partial charge is 0.0462 e. The maximum absolute atomic E-state index is 2.45. The van der Waals surface area contributed by atoms with Gasteiger partial charge >= 0.3 is 0 Å². The maximum atomic E-state index is 2.45. The predicted octanol–water partition coefficient (Wildman–Crippen LogP) is 15.0. The van der Waals surface area contributed by atoms with Gasteiger partial charge in [-0.3, -0.25) is 0 Å². The molecule has 0 aromatic heterocycles. The lowest BCUT2D eigenvalue weighted by Gasteiger charge is -2.39. The molecule has 0 radical (unpaired) electrons. The molecule has 0 amide bonds. The predicted molar refractivity (Wildman–Crippen MR) is 237 cm³/mol. The Bertz CT molecular complexity index is 2390. The molecule has 1 fully saturated rings. The zero-order valence-corrected chi connectivity index (χ0v) is 32.0. The van der Waals surface area contributed by atoms with Crippen molar-refractivity contribution in [3.05, 3.63) is 229 Å². The summed E-state index contributed by atoms with van der Waals surface area (Å²) in [5, 5.41) is 0. The summed E-state index contributed by atoms with van der Waals surface area (Å²) in [6.45, 7) is 0. The SMILES string of the molecule is C1=C(c2ccccc2)CCC(N(c2ccccc2)c2ccc(C3(c4ccc(N(c5ccccc5)c5ccc(-c6ccccc6)cc5)cc4)CCCCC3)cc2)=C1. The Hall–Kier alpha value is -6.38. The Morgan fingerprint density at radius 3 is 1.23 bits per heavy atom. The van der Waals surface area contributed by atoms with Gasteiger partial charge in [-0.2, -0.15) is 0 Å². The first-order chi connectivity index (χ1) is 27.7. The van der Waals surface area contributed by atoms with E-state index in [0.717, 1.165) is 42.7 Å². The Kier molecular flexibility index (Phi) is 10.2. The summed E-state index contributed by atoms with van der Waals surface area (Å²) in [5.74, 6) is 0. The second kappa shape index (κ2) is 16.2. The van der Waals surface area contributed by atoms with Gasteiger partial charge in [-0.1, -0.05) is 159 Å². The molecule has 2 nitrogen and oxygen atoms in total. The first-order valence-electron chi connectivity index (χ1n) is 20.3. The fourth-order valence-electron chi connectivity index (χ4n) is 8.98. The quantitative estimate of drug-likeness (QED) is 0.139. The van der Waals surface area contributed by atoms with Gasteiger partial charge in [0.2, 0.25) is 0 Å². The van der Waals surface area contributed by atoms with Crippen LogP contribution in [0.1, 0.15) is 61.6 Å². The van der Waals surface area contributed by atoms with E-state index in [4.69, 9.17) is 0 Å². The molecule has 0 saturated heterocycles. The van der Waals surface area contributed by atoms with Crippen molar-refractivity contribution in [3.63, 3.8) is 0 Å². The Morgan fingerprint density at radius 2 is 0.732 bits per heavy atom. The molecule has 56 heavy (non-hydrogen) atoms.